The molecule has 1 aromatic carbocycles. The number of amidine groups is 1. The zero-order valence-electron chi connectivity index (χ0n) is 10.9. The lowest BCUT2D eigenvalue weighted by Gasteiger charge is -2.15. The molecule has 0 fully saturated rings. The van der Waals surface area contributed by atoms with Gasteiger partial charge in [0.05, 0.1) is 11.1 Å². The van der Waals surface area contributed by atoms with Gasteiger partial charge in [-0.1, -0.05) is 24.3 Å². The van der Waals surface area contributed by atoms with Gasteiger partial charge in [-0.15, -0.1) is 0 Å². The number of nitrogens with zero attached hydrogens (tertiary/aromatic N) is 2. The molecule has 1 heterocycles. The van der Waals surface area contributed by atoms with E-state index in [9.17, 15) is 0 Å². The summed E-state index contributed by atoms with van der Waals surface area (Å²) in [6.07, 6.45) is 0. The molecule has 0 aliphatic carbocycles. The van der Waals surface area contributed by atoms with Gasteiger partial charge in [-0.25, -0.2) is 10.8 Å². The molecule has 94 valence electrons. The summed E-state index contributed by atoms with van der Waals surface area (Å²) in [7, 11) is 0. The first-order valence-electron chi connectivity index (χ1n) is 5.92. The molecule has 0 bridgehead atoms. The zero-order chi connectivity index (χ0) is 13.2. The lowest BCUT2D eigenvalue weighted by molar-refractivity contribution is 0.580. The van der Waals surface area contributed by atoms with E-state index < -0.39 is 0 Å². The summed E-state index contributed by atoms with van der Waals surface area (Å²) in [6, 6.07) is 11.9. The average Bonchev–Trinajstić information content (AvgIpc) is 2.34. The summed E-state index contributed by atoms with van der Waals surface area (Å²) in [5.74, 6) is 6.14. The highest BCUT2D eigenvalue weighted by Crippen LogP contribution is 2.13. The number of pyridine rings is 1. The molecule has 0 radical (unpaired) electrons. The van der Waals surface area contributed by atoms with Gasteiger partial charge in [-0.05, 0) is 32.9 Å². The maximum Gasteiger partial charge on any atom is 0.162 e. The van der Waals surface area contributed by atoms with E-state index in [1.54, 1.807) is 0 Å². The summed E-state index contributed by atoms with van der Waals surface area (Å²) in [4.78, 5) is 9.08. The number of nitrogens with two attached hydrogens (primary N) is 1. The molecule has 3 N–H and O–H groups in total. The molecule has 0 atom stereocenters. The van der Waals surface area contributed by atoms with Gasteiger partial charge in [0.15, 0.2) is 5.84 Å². The Morgan fingerprint density at radius 1 is 1.17 bits per heavy atom. The standard InChI is InChI=1S/C14H18N4/c1-14(2,3)17-13(18-15)12-9-8-10-6-4-5-7-11(10)16-12/h4-9H,15H2,1-3H3,(H,17,18). The molecular weight excluding hydrogens is 224 g/mol. The zero-order valence-corrected chi connectivity index (χ0v) is 10.9. The highest BCUT2D eigenvalue weighted by molar-refractivity contribution is 5.98. The number of aromatic nitrogens is 1. The van der Waals surface area contributed by atoms with Gasteiger partial charge in [0.25, 0.3) is 0 Å². The van der Waals surface area contributed by atoms with Crippen molar-refractivity contribution in [3.8, 4) is 0 Å². The van der Waals surface area contributed by atoms with Crippen molar-refractivity contribution in [2.75, 3.05) is 0 Å². The van der Waals surface area contributed by atoms with Crippen LogP contribution in [0.25, 0.3) is 10.9 Å². The second-order valence-electron chi connectivity index (χ2n) is 5.16. The van der Waals surface area contributed by atoms with Gasteiger partial charge in [0, 0.05) is 5.39 Å². The topological polar surface area (TPSA) is 63.3 Å². The quantitative estimate of drug-likeness (QED) is 0.349. The van der Waals surface area contributed by atoms with Crippen LogP contribution >= 0.6 is 0 Å². The molecule has 0 amide bonds. The lowest BCUT2D eigenvalue weighted by Crippen LogP contribution is -2.34. The Labute approximate surface area is 107 Å². The largest absolute Gasteiger partial charge is 0.307 e. The van der Waals surface area contributed by atoms with Crippen LogP contribution in [0.3, 0.4) is 0 Å². The summed E-state index contributed by atoms with van der Waals surface area (Å²) < 4.78 is 0. The minimum absolute atomic E-state index is 0.199. The van der Waals surface area contributed by atoms with Crippen molar-refractivity contribution in [1.29, 1.82) is 0 Å². The van der Waals surface area contributed by atoms with Crippen molar-refractivity contribution in [3.63, 3.8) is 0 Å². The maximum atomic E-state index is 5.54. The van der Waals surface area contributed by atoms with Gasteiger partial charge in [-0.3, -0.25) is 4.99 Å². The predicted octanol–water partition coefficient (Wildman–Crippen LogP) is 2.24. The minimum atomic E-state index is -0.199. The fourth-order valence-electron chi connectivity index (χ4n) is 1.70. The molecule has 0 spiro atoms. The van der Waals surface area contributed by atoms with Crippen molar-refractivity contribution in [2.24, 2.45) is 10.8 Å². The summed E-state index contributed by atoms with van der Waals surface area (Å²) >= 11 is 0. The Balaban J connectivity index is 2.49. The first kappa shape index (κ1) is 12.5. The van der Waals surface area contributed by atoms with Gasteiger partial charge in [0.2, 0.25) is 0 Å². The Hall–Kier alpha value is -1.94. The molecular formula is C14H18N4. The van der Waals surface area contributed by atoms with Crippen LogP contribution in [-0.4, -0.2) is 16.4 Å². The number of benzene rings is 1. The third-order valence-electron chi connectivity index (χ3n) is 2.42. The Morgan fingerprint density at radius 3 is 2.56 bits per heavy atom. The van der Waals surface area contributed by atoms with E-state index in [1.807, 2.05) is 57.2 Å². The first-order chi connectivity index (χ1) is 8.49. The van der Waals surface area contributed by atoms with E-state index in [0.717, 1.165) is 16.6 Å². The van der Waals surface area contributed by atoms with Crippen LogP contribution in [0.2, 0.25) is 0 Å². The predicted molar refractivity (Wildman–Crippen MR) is 75.4 cm³/mol. The van der Waals surface area contributed by atoms with Crippen LogP contribution in [-0.2, 0) is 0 Å². The van der Waals surface area contributed by atoms with Crippen molar-refractivity contribution in [2.45, 2.75) is 26.3 Å². The van der Waals surface area contributed by atoms with E-state index in [0.29, 0.717) is 5.84 Å². The molecule has 18 heavy (non-hydrogen) atoms. The second-order valence-corrected chi connectivity index (χ2v) is 5.16. The number of hydrogen-bond donors (Lipinski definition) is 2. The average molecular weight is 242 g/mol. The van der Waals surface area contributed by atoms with Gasteiger partial charge >= 0.3 is 0 Å². The fourth-order valence-corrected chi connectivity index (χ4v) is 1.70. The van der Waals surface area contributed by atoms with E-state index in [2.05, 4.69) is 15.4 Å². The molecule has 0 saturated heterocycles. The van der Waals surface area contributed by atoms with Crippen molar-refractivity contribution >= 4 is 16.7 Å². The Kier molecular flexibility index (Phi) is 3.30. The number of fused-ring (bicyclic) bond motifs is 1. The third-order valence-corrected chi connectivity index (χ3v) is 2.42. The van der Waals surface area contributed by atoms with Crippen molar-refractivity contribution in [1.82, 2.24) is 10.4 Å². The Morgan fingerprint density at radius 2 is 1.89 bits per heavy atom. The van der Waals surface area contributed by atoms with Gasteiger partial charge in [0.1, 0.15) is 5.69 Å². The molecule has 1 aromatic heterocycles. The number of rotatable bonds is 1. The molecule has 0 unspecified atom stereocenters. The van der Waals surface area contributed by atoms with E-state index in [-0.39, 0.29) is 5.54 Å². The summed E-state index contributed by atoms with van der Waals surface area (Å²) in [5, 5.41) is 1.10. The van der Waals surface area contributed by atoms with E-state index in [1.165, 1.54) is 0 Å². The number of aliphatic imine (C=N–C) groups is 1. The SMILES string of the molecule is CC(C)(C)N=C(NN)c1ccc2ccccc2n1. The molecule has 2 aromatic rings. The smallest absolute Gasteiger partial charge is 0.162 e. The van der Waals surface area contributed by atoms with Crippen molar-refractivity contribution < 1.29 is 0 Å². The van der Waals surface area contributed by atoms with Gasteiger partial charge in [-0.2, -0.15) is 0 Å². The number of nitrogens with one attached hydrogen (secondary N) is 1. The summed E-state index contributed by atoms with van der Waals surface area (Å²) in [5.41, 5.74) is 4.12. The highest BCUT2D eigenvalue weighted by atomic mass is 15.3. The van der Waals surface area contributed by atoms with Crippen LogP contribution in [0.15, 0.2) is 41.4 Å². The van der Waals surface area contributed by atoms with Crippen LogP contribution in [0.1, 0.15) is 26.5 Å². The van der Waals surface area contributed by atoms with E-state index >= 15 is 0 Å². The summed E-state index contributed by atoms with van der Waals surface area (Å²) in [6.45, 7) is 6.06. The molecule has 0 aliphatic rings. The minimum Gasteiger partial charge on any atom is -0.307 e. The monoisotopic (exact) mass is 242 g/mol. The molecule has 4 nitrogen and oxygen atoms in total. The van der Waals surface area contributed by atoms with Gasteiger partial charge < -0.3 is 5.43 Å². The van der Waals surface area contributed by atoms with Crippen LogP contribution in [0.5, 0.6) is 0 Å². The van der Waals surface area contributed by atoms with Crippen LogP contribution < -0.4 is 11.3 Å². The number of para-hydroxylation sites is 1. The number of hydrazine groups is 1. The third kappa shape index (κ3) is 2.84. The van der Waals surface area contributed by atoms with E-state index in [4.69, 9.17) is 5.84 Å². The van der Waals surface area contributed by atoms with Crippen LogP contribution in [0.4, 0.5) is 0 Å². The van der Waals surface area contributed by atoms with Crippen molar-refractivity contribution in [3.05, 3.63) is 42.1 Å². The first-order valence-corrected chi connectivity index (χ1v) is 5.92. The molecule has 0 saturated carbocycles. The molecule has 4 heteroatoms. The molecule has 0 aliphatic heterocycles. The number of hydrogen-bond acceptors (Lipinski definition) is 3. The van der Waals surface area contributed by atoms with Crippen LogP contribution in [0, 0.1) is 0 Å². The molecule has 2 rings (SSSR count). The Bertz CT molecular complexity index is 582. The lowest BCUT2D eigenvalue weighted by atomic mass is 10.1. The maximum absolute atomic E-state index is 5.54. The highest BCUT2D eigenvalue weighted by Gasteiger charge is 2.12. The normalized spacial score (nSPS) is 12.8. The second kappa shape index (κ2) is 4.74. The fraction of sp³-hybridized carbons (Fsp3) is 0.286.